The van der Waals surface area contributed by atoms with Gasteiger partial charge in [0.25, 0.3) is 0 Å². The number of hydrogen-bond donors (Lipinski definition) is 2. The predicted octanol–water partition coefficient (Wildman–Crippen LogP) is 3.04. The fourth-order valence-electron chi connectivity index (χ4n) is 1.68. The monoisotopic (exact) mass is 282 g/mol. The first-order valence-electron chi connectivity index (χ1n) is 5.37. The minimum atomic E-state index is -4.41. The first-order chi connectivity index (χ1) is 8.27. The summed E-state index contributed by atoms with van der Waals surface area (Å²) in [5, 5.41) is 19.3. The molecule has 6 heteroatoms. The third kappa shape index (κ3) is 3.60. The van der Waals surface area contributed by atoms with Gasteiger partial charge in [0, 0.05) is 5.88 Å². The molecule has 0 aliphatic rings. The third-order valence-electron chi connectivity index (χ3n) is 2.67. The average molecular weight is 283 g/mol. The van der Waals surface area contributed by atoms with Gasteiger partial charge in [-0.3, -0.25) is 0 Å². The van der Waals surface area contributed by atoms with Gasteiger partial charge >= 0.3 is 6.18 Å². The second-order valence-corrected chi connectivity index (χ2v) is 4.44. The molecule has 0 aliphatic carbocycles. The Balaban J connectivity index is 2.97. The van der Waals surface area contributed by atoms with Gasteiger partial charge in [-0.05, 0) is 30.5 Å². The summed E-state index contributed by atoms with van der Waals surface area (Å²) < 4.78 is 37.6. The number of aliphatic hydroxyl groups is 2. The van der Waals surface area contributed by atoms with E-state index < -0.39 is 23.9 Å². The van der Waals surface area contributed by atoms with E-state index in [1.807, 2.05) is 0 Å². The number of hydrogen-bond acceptors (Lipinski definition) is 2. The first kappa shape index (κ1) is 15.3. The SMILES string of the molecule is Cc1cc(C(O)C(O)CCCl)ccc1C(F)(F)F. The average Bonchev–Trinajstić information content (AvgIpc) is 2.26. The number of rotatable bonds is 4. The summed E-state index contributed by atoms with van der Waals surface area (Å²) in [7, 11) is 0. The molecule has 2 nitrogen and oxygen atoms in total. The van der Waals surface area contributed by atoms with Crippen LogP contribution in [0.5, 0.6) is 0 Å². The standard InChI is InChI=1S/C12H14ClF3O2/c1-7-6-8(11(18)10(17)4-5-13)2-3-9(7)12(14,15)16/h2-3,6,10-11,17-18H,4-5H2,1H3. The molecule has 0 saturated heterocycles. The highest BCUT2D eigenvalue weighted by atomic mass is 35.5. The molecule has 1 rings (SSSR count). The maximum absolute atomic E-state index is 12.5. The Hall–Kier alpha value is -0.780. The molecule has 0 saturated carbocycles. The third-order valence-corrected chi connectivity index (χ3v) is 2.88. The fraction of sp³-hybridized carbons (Fsp3) is 0.500. The molecule has 2 atom stereocenters. The number of benzene rings is 1. The summed E-state index contributed by atoms with van der Waals surface area (Å²) in [5.74, 6) is 0.165. The molecule has 2 N–H and O–H groups in total. The van der Waals surface area contributed by atoms with Gasteiger partial charge in [0.05, 0.1) is 11.7 Å². The van der Waals surface area contributed by atoms with Crippen molar-refractivity contribution in [2.24, 2.45) is 0 Å². The Labute approximate surface area is 108 Å². The van der Waals surface area contributed by atoms with Crippen LogP contribution in [0.3, 0.4) is 0 Å². The molecule has 2 unspecified atom stereocenters. The first-order valence-corrected chi connectivity index (χ1v) is 5.90. The molecular formula is C12H14ClF3O2. The molecule has 0 spiro atoms. The normalized spacial score (nSPS) is 15.5. The van der Waals surface area contributed by atoms with Crippen molar-refractivity contribution in [3.05, 3.63) is 34.9 Å². The molecule has 0 amide bonds. The highest BCUT2D eigenvalue weighted by molar-refractivity contribution is 6.17. The number of aryl methyl sites for hydroxylation is 1. The summed E-state index contributed by atoms with van der Waals surface area (Å²) in [6, 6.07) is 3.30. The van der Waals surface area contributed by atoms with E-state index in [9.17, 15) is 23.4 Å². The van der Waals surface area contributed by atoms with Crippen molar-refractivity contribution in [2.75, 3.05) is 5.88 Å². The van der Waals surface area contributed by atoms with Crippen molar-refractivity contribution >= 4 is 11.6 Å². The van der Waals surface area contributed by atoms with E-state index in [2.05, 4.69) is 0 Å². The molecule has 0 aliphatic heterocycles. The molecule has 0 heterocycles. The van der Waals surface area contributed by atoms with Crippen molar-refractivity contribution in [1.29, 1.82) is 0 Å². The van der Waals surface area contributed by atoms with Crippen molar-refractivity contribution < 1.29 is 23.4 Å². The van der Waals surface area contributed by atoms with Gasteiger partial charge in [-0.25, -0.2) is 0 Å². The van der Waals surface area contributed by atoms with Crippen LogP contribution < -0.4 is 0 Å². The maximum atomic E-state index is 12.5. The zero-order valence-corrected chi connectivity index (χ0v) is 10.5. The lowest BCUT2D eigenvalue weighted by Gasteiger charge is -2.19. The highest BCUT2D eigenvalue weighted by Crippen LogP contribution is 2.33. The lowest BCUT2D eigenvalue weighted by Crippen LogP contribution is -2.19. The van der Waals surface area contributed by atoms with Crippen LogP contribution in [0.1, 0.15) is 29.2 Å². The summed E-state index contributed by atoms with van der Waals surface area (Å²) in [5.41, 5.74) is -0.486. The fourth-order valence-corrected chi connectivity index (χ4v) is 1.90. The van der Waals surface area contributed by atoms with Gasteiger partial charge in [0.2, 0.25) is 0 Å². The summed E-state index contributed by atoms with van der Waals surface area (Å²) in [6.45, 7) is 1.31. The summed E-state index contributed by atoms with van der Waals surface area (Å²) in [6.07, 6.45) is -6.56. The minimum absolute atomic E-state index is 0.0112. The molecule has 0 bridgehead atoms. The van der Waals surface area contributed by atoms with E-state index >= 15 is 0 Å². The van der Waals surface area contributed by atoms with Crippen LogP contribution in [0.4, 0.5) is 13.2 Å². The predicted molar refractivity (Wildman–Crippen MR) is 62.5 cm³/mol. The largest absolute Gasteiger partial charge is 0.416 e. The van der Waals surface area contributed by atoms with Crippen molar-refractivity contribution in [2.45, 2.75) is 31.7 Å². The van der Waals surface area contributed by atoms with Crippen molar-refractivity contribution in [1.82, 2.24) is 0 Å². The Morgan fingerprint density at radius 3 is 2.33 bits per heavy atom. The Morgan fingerprint density at radius 2 is 1.89 bits per heavy atom. The van der Waals surface area contributed by atoms with Gasteiger partial charge in [-0.2, -0.15) is 13.2 Å². The maximum Gasteiger partial charge on any atom is 0.416 e. The second-order valence-electron chi connectivity index (χ2n) is 4.06. The second kappa shape index (κ2) is 5.91. The van der Waals surface area contributed by atoms with Crippen molar-refractivity contribution in [3.63, 3.8) is 0 Å². The van der Waals surface area contributed by atoms with E-state index in [4.69, 9.17) is 11.6 Å². The Morgan fingerprint density at radius 1 is 1.28 bits per heavy atom. The summed E-state index contributed by atoms with van der Waals surface area (Å²) >= 11 is 5.42. The van der Waals surface area contributed by atoms with Crippen LogP contribution in [0.15, 0.2) is 18.2 Å². The number of aliphatic hydroxyl groups excluding tert-OH is 2. The zero-order valence-electron chi connectivity index (χ0n) is 9.71. The lowest BCUT2D eigenvalue weighted by molar-refractivity contribution is -0.138. The smallest absolute Gasteiger partial charge is 0.390 e. The lowest BCUT2D eigenvalue weighted by atomic mass is 9.98. The Kier molecular flexibility index (Phi) is 5.01. The topological polar surface area (TPSA) is 40.5 Å². The van der Waals surface area contributed by atoms with Crippen LogP contribution in [-0.4, -0.2) is 22.2 Å². The molecule has 1 aromatic rings. The van der Waals surface area contributed by atoms with Gasteiger partial charge < -0.3 is 10.2 Å². The van der Waals surface area contributed by atoms with Crippen molar-refractivity contribution in [3.8, 4) is 0 Å². The van der Waals surface area contributed by atoms with E-state index in [1.165, 1.54) is 13.0 Å². The molecule has 1 aromatic carbocycles. The van der Waals surface area contributed by atoms with Crippen LogP contribution in [-0.2, 0) is 6.18 Å². The summed E-state index contributed by atoms with van der Waals surface area (Å²) in [4.78, 5) is 0. The Bertz CT molecular complexity index is 407. The van der Waals surface area contributed by atoms with Crippen LogP contribution in [0, 0.1) is 6.92 Å². The van der Waals surface area contributed by atoms with Crippen LogP contribution in [0.2, 0.25) is 0 Å². The van der Waals surface area contributed by atoms with Gasteiger partial charge in [-0.1, -0.05) is 12.1 Å². The van der Waals surface area contributed by atoms with E-state index in [0.29, 0.717) is 0 Å². The molecule has 102 valence electrons. The van der Waals surface area contributed by atoms with E-state index in [0.717, 1.165) is 12.1 Å². The van der Waals surface area contributed by atoms with E-state index in [1.54, 1.807) is 0 Å². The van der Waals surface area contributed by atoms with Gasteiger partial charge in [0.1, 0.15) is 6.10 Å². The van der Waals surface area contributed by atoms with E-state index in [-0.39, 0.29) is 23.4 Å². The molecule has 18 heavy (non-hydrogen) atoms. The molecular weight excluding hydrogens is 269 g/mol. The molecule has 0 fully saturated rings. The molecule has 0 radical (unpaired) electrons. The zero-order chi connectivity index (χ0) is 13.9. The number of alkyl halides is 4. The van der Waals surface area contributed by atoms with Gasteiger partial charge in [0.15, 0.2) is 0 Å². The number of halogens is 4. The highest BCUT2D eigenvalue weighted by Gasteiger charge is 2.32. The molecule has 0 aromatic heterocycles. The van der Waals surface area contributed by atoms with Gasteiger partial charge in [-0.15, -0.1) is 11.6 Å². The minimum Gasteiger partial charge on any atom is -0.390 e. The van der Waals surface area contributed by atoms with Crippen LogP contribution >= 0.6 is 11.6 Å². The quantitative estimate of drug-likeness (QED) is 0.834. The van der Waals surface area contributed by atoms with Crippen LogP contribution in [0.25, 0.3) is 0 Å².